The first-order chi connectivity index (χ1) is 16.7. The van der Waals surface area contributed by atoms with E-state index in [1.54, 1.807) is 0 Å². The molecular formula is C29H32Cl2N2O2. The average Bonchev–Trinajstić information content (AvgIpc) is 3.25. The molecule has 0 aromatic heterocycles. The van der Waals surface area contributed by atoms with Crippen LogP contribution in [0.25, 0.3) is 0 Å². The smallest absolute Gasteiger partial charge is 0.133 e. The van der Waals surface area contributed by atoms with Gasteiger partial charge in [-0.2, -0.15) is 0 Å². The molecule has 3 aromatic carbocycles. The molecule has 1 aliphatic rings. The zero-order valence-electron chi connectivity index (χ0n) is 20.9. The molecule has 0 spiro atoms. The number of nitrogens with zero attached hydrogens (tertiary/aromatic N) is 1. The Morgan fingerprint density at radius 3 is 1.89 bits per heavy atom. The fraction of sp³-hybridized carbons (Fsp3) is 0.345. The Balaban J connectivity index is 1.84. The molecule has 0 bridgehead atoms. The van der Waals surface area contributed by atoms with Crippen LogP contribution in [-0.2, 0) is 5.41 Å². The van der Waals surface area contributed by atoms with E-state index in [9.17, 15) is 0 Å². The van der Waals surface area contributed by atoms with Crippen LogP contribution in [0, 0.1) is 0 Å². The van der Waals surface area contributed by atoms with Crippen molar-refractivity contribution in [1.82, 2.24) is 5.32 Å². The molecule has 1 heterocycles. The maximum Gasteiger partial charge on any atom is 0.133 e. The van der Waals surface area contributed by atoms with E-state index in [-0.39, 0.29) is 17.5 Å². The summed E-state index contributed by atoms with van der Waals surface area (Å²) in [5, 5.41) is 5.07. The molecule has 4 rings (SSSR count). The lowest BCUT2D eigenvalue weighted by Gasteiger charge is -2.25. The fourth-order valence-corrected chi connectivity index (χ4v) is 4.62. The molecule has 0 amide bonds. The first-order valence-corrected chi connectivity index (χ1v) is 12.8. The Morgan fingerprint density at radius 1 is 0.800 bits per heavy atom. The Morgan fingerprint density at radius 2 is 1.34 bits per heavy atom. The highest BCUT2D eigenvalue weighted by Gasteiger charge is 2.34. The third-order valence-electron chi connectivity index (χ3n) is 6.06. The molecule has 0 saturated carbocycles. The van der Waals surface area contributed by atoms with Gasteiger partial charge >= 0.3 is 0 Å². The van der Waals surface area contributed by atoms with E-state index >= 15 is 0 Å². The lowest BCUT2D eigenvalue weighted by Crippen LogP contribution is -2.26. The minimum Gasteiger partial charge on any atom is -0.494 e. The van der Waals surface area contributed by atoms with Gasteiger partial charge in [-0.05, 0) is 66.8 Å². The van der Waals surface area contributed by atoms with Gasteiger partial charge in [0.2, 0.25) is 0 Å². The third-order valence-corrected chi connectivity index (χ3v) is 6.57. The molecule has 2 atom stereocenters. The van der Waals surface area contributed by atoms with Crippen LogP contribution in [0.3, 0.4) is 0 Å². The second-order valence-corrected chi connectivity index (χ2v) is 10.5. The molecule has 1 N–H and O–H groups in total. The van der Waals surface area contributed by atoms with Gasteiger partial charge in [-0.25, -0.2) is 0 Å². The summed E-state index contributed by atoms with van der Waals surface area (Å²) in [6.45, 7) is 11.7. The van der Waals surface area contributed by atoms with Crippen LogP contribution in [0.5, 0.6) is 11.5 Å². The van der Waals surface area contributed by atoms with Crippen molar-refractivity contribution in [2.45, 2.75) is 52.1 Å². The minimum atomic E-state index is -0.143. The highest BCUT2D eigenvalue weighted by Crippen LogP contribution is 2.42. The molecule has 3 aromatic rings. The minimum absolute atomic E-state index is 0.0734. The Hall–Kier alpha value is -2.69. The lowest BCUT2D eigenvalue weighted by molar-refractivity contribution is 0.321. The number of rotatable bonds is 7. The number of amidine groups is 1. The number of benzene rings is 3. The summed E-state index contributed by atoms with van der Waals surface area (Å²) >= 11 is 12.3. The predicted molar refractivity (Wildman–Crippen MR) is 146 cm³/mol. The molecule has 0 radical (unpaired) electrons. The quantitative estimate of drug-likeness (QED) is 0.350. The van der Waals surface area contributed by atoms with Crippen molar-refractivity contribution >= 4 is 29.0 Å². The van der Waals surface area contributed by atoms with Gasteiger partial charge in [0.05, 0.1) is 24.8 Å². The van der Waals surface area contributed by atoms with E-state index in [1.807, 2.05) is 62.4 Å². The molecule has 0 fully saturated rings. The van der Waals surface area contributed by atoms with Gasteiger partial charge in [0.25, 0.3) is 0 Å². The van der Waals surface area contributed by atoms with Crippen molar-refractivity contribution in [2.75, 3.05) is 13.2 Å². The van der Waals surface area contributed by atoms with Crippen molar-refractivity contribution in [3.8, 4) is 11.5 Å². The van der Waals surface area contributed by atoms with Gasteiger partial charge < -0.3 is 14.8 Å². The molecule has 1 aliphatic heterocycles. The van der Waals surface area contributed by atoms with Gasteiger partial charge in [0.1, 0.15) is 23.4 Å². The van der Waals surface area contributed by atoms with Gasteiger partial charge in [0, 0.05) is 15.6 Å². The van der Waals surface area contributed by atoms with Crippen LogP contribution in [0.15, 0.2) is 65.7 Å². The standard InChI is InChI=1S/C29H32Cl2N2O2/c1-6-34-24-17-23(29(3,4)5)25(35-7-2)16-22(24)28-32-26(18-8-12-20(30)13-9-18)27(33-28)19-10-14-21(31)15-11-19/h8-17,26-27H,6-7H2,1-5H3,(H,32,33). The van der Waals surface area contributed by atoms with Crippen LogP contribution in [0.2, 0.25) is 10.0 Å². The van der Waals surface area contributed by atoms with Crippen molar-refractivity contribution in [3.05, 3.63) is 93.0 Å². The first-order valence-electron chi connectivity index (χ1n) is 12.0. The normalized spacial score (nSPS) is 17.6. The van der Waals surface area contributed by atoms with Crippen LogP contribution in [-0.4, -0.2) is 19.0 Å². The summed E-state index contributed by atoms with van der Waals surface area (Å²) in [7, 11) is 0. The van der Waals surface area contributed by atoms with E-state index in [2.05, 4.69) is 38.2 Å². The SMILES string of the molecule is CCOc1cc(C(C)(C)C)c(OCC)cc1C1=NC(c2ccc(Cl)cc2)C(c2ccc(Cl)cc2)N1. The Bertz CT molecular complexity index is 1200. The summed E-state index contributed by atoms with van der Waals surface area (Å²) < 4.78 is 12.2. The molecule has 0 aliphatic carbocycles. The summed E-state index contributed by atoms with van der Waals surface area (Å²) in [6, 6.07) is 19.7. The third kappa shape index (κ3) is 5.60. The molecule has 6 heteroatoms. The highest BCUT2D eigenvalue weighted by atomic mass is 35.5. The van der Waals surface area contributed by atoms with Crippen LogP contribution in [0.1, 0.15) is 69.0 Å². The van der Waals surface area contributed by atoms with Gasteiger partial charge in [-0.1, -0.05) is 68.2 Å². The Kier molecular flexibility index (Phi) is 7.63. The van der Waals surface area contributed by atoms with E-state index in [0.717, 1.165) is 39.6 Å². The summed E-state index contributed by atoms with van der Waals surface area (Å²) in [5.74, 6) is 2.41. The molecule has 2 unspecified atom stereocenters. The summed E-state index contributed by atoms with van der Waals surface area (Å²) in [5.41, 5.74) is 4.07. The maximum absolute atomic E-state index is 6.17. The number of halogens is 2. The first kappa shape index (κ1) is 25.4. The predicted octanol–water partition coefficient (Wildman–Crippen LogP) is 7.92. The van der Waals surface area contributed by atoms with Crippen LogP contribution < -0.4 is 14.8 Å². The number of ether oxygens (including phenoxy) is 2. The summed E-state index contributed by atoms with van der Waals surface area (Å²) in [6.07, 6.45) is 0. The second kappa shape index (κ2) is 10.5. The van der Waals surface area contributed by atoms with Crippen LogP contribution >= 0.6 is 23.2 Å². The van der Waals surface area contributed by atoms with Gasteiger partial charge in [-0.15, -0.1) is 0 Å². The number of hydrogen-bond acceptors (Lipinski definition) is 4. The second-order valence-electron chi connectivity index (χ2n) is 9.61. The summed E-state index contributed by atoms with van der Waals surface area (Å²) in [4.78, 5) is 5.17. The van der Waals surface area contributed by atoms with Crippen molar-refractivity contribution < 1.29 is 9.47 Å². The number of aliphatic imine (C=N–C) groups is 1. The average molecular weight is 511 g/mol. The van der Waals surface area contributed by atoms with Crippen LogP contribution in [0.4, 0.5) is 0 Å². The molecule has 35 heavy (non-hydrogen) atoms. The van der Waals surface area contributed by atoms with Crippen molar-refractivity contribution in [1.29, 1.82) is 0 Å². The largest absolute Gasteiger partial charge is 0.494 e. The maximum atomic E-state index is 6.17. The molecule has 0 saturated heterocycles. The Labute approximate surface area is 218 Å². The molecule has 4 nitrogen and oxygen atoms in total. The fourth-order valence-electron chi connectivity index (χ4n) is 4.37. The topological polar surface area (TPSA) is 42.9 Å². The van der Waals surface area contributed by atoms with E-state index in [0.29, 0.717) is 23.3 Å². The zero-order chi connectivity index (χ0) is 25.2. The van der Waals surface area contributed by atoms with Crippen molar-refractivity contribution in [2.24, 2.45) is 4.99 Å². The zero-order valence-corrected chi connectivity index (χ0v) is 22.4. The number of hydrogen-bond donors (Lipinski definition) is 1. The number of nitrogens with one attached hydrogen (secondary N) is 1. The van der Waals surface area contributed by atoms with Crippen molar-refractivity contribution in [3.63, 3.8) is 0 Å². The lowest BCUT2D eigenvalue weighted by atomic mass is 9.85. The molecule has 184 valence electrons. The van der Waals surface area contributed by atoms with E-state index in [4.69, 9.17) is 37.7 Å². The monoisotopic (exact) mass is 510 g/mol. The van der Waals surface area contributed by atoms with Gasteiger partial charge in [0.15, 0.2) is 0 Å². The van der Waals surface area contributed by atoms with Gasteiger partial charge in [-0.3, -0.25) is 4.99 Å². The highest BCUT2D eigenvalue weighted by molar-refractivity contribution is 6.30. The van der Waals surface area contributed by atoms with E-state index in [1.165, 1.54) is 0 Å². The molecular weight excluding hydrogens is 479 g/mol. The van der Waals surface area contributed by atoms with E-state index < -0.39 is 0 Å².